The van der Waals surface area contributed by atoms with Gasteiger partial charge in [-0.3, -0.25) is 4.79 Å². The van der Waals surface area contributed by atoms with Gasteiger partial charge in [-0.15, -0.1) is 12.4 Å². The molecule has 0 bridgehead atoms. The summed E-state index contributed by atoms with van der Waals surface area (Å²) in [6, 6.07) is 10.4. The lowest BCUT2D eigenvalue weighted by Crippen LogP contribution is -2.47. The topological polar surface area (TPSA) is 55.1 Å². The molecule has 0 spiro atoms. The smallest absolute Gasteiger partial charge is 0.226 e. The molecule has 0 radical (unpaired) electrons. The Bertz CT molecular complexity index is 416. The molecule has 1 aliphatic rings. The lowest BCUT2D eigenvalue weighted by molar-refractivity contribution is -0.135. The number of halogens is 1. The molecule has 0 saturated heterocycles. The van der Waals surface area contributed by atoms with Gasteiger partial charge in [0.1, 0.15) is 0 Å². The first-order valence-electron chi connectivity index (χ1n) is 7.20. The average molecular weight is 297 g/mol. The van der Waals surface area contributed by atoms with E-state index in [4.69, 9.17) is 5.73 Å². The molecule has 1 fully saturated rings. The second-order valence-electron chi connectivity index (χ2n) is 5.82. The van der Waals surface area contributed by atoms with Crippen molar-refractivity contribution in [1.29, 1.82) is 0 Å². The SMILES string of the molecule is CC(N)CCNC(=O)C1(Cc2ccccc2)CCC1.Cl. The fourth-order valence-electron chi connectivity index (χ4n) is 2.68. The van der Waals surface area contributed by atoms with Crippen molar-refractivity contribution >= 4 is 18.3 Å². The summed E-state index contributed by atoms with van der Waals surface area (Å²) >= 11 is 0. The van der Waals surface area contributed by atoms with Crippen LogP contribution in [0.25, 0.3) is 0 Å². The van der Waals surface area contributed by atoms with E-state index in [1.54, 1.807) is 0 Å². The summed E-state index contributed by atoms with van der Waals surface area (Å²) in [5.74, 6) is 0.211. The minimum Gasteiger partial charge on any atom is -0.356 e. The van der Waals surface area contributed by atoms with Crippen LogP contribution in [0, 0.1) is 5.41 Å². The van der Waals surface area contributed by atoms with E-state index < -0.39 is 0 Å². The molecule has 0 heterocycles. The number of hydrogen-bond acceptors (Lipinski definition) is 2. The van der Waals surface area contributed by atoms with Crippen molar-refractivity contribution in [3.8, 4) is 0 Å². The predicted molar refractivity (Wildman–Crippen MR) is 85.0 cm³/mol. The van der Waals surface area contributed by atoms with Gasteiger partial charge in [0.05, 0.1) is 5.41 Å². The van der Waals surface area contributed by atoms with Gasteiger partial charge < -0.3 is 11.1 Å². The zero-order valence-electron chi connectivity index (χ0n) is 12.1. The van der Waals surface area contributed by atoms with Crippen molar-refractivity contribution in [2.45, 2.75) is 45.1 Å². The maximum Gasteiger partial charge on any atom is 0.226 e. The Kier molecular flexibility index (Phi) is 6.50. The molecule has 3 N–H and O–H groups in total. The van der Waals surface area contributed by atoms with Gasteiger partial charge in [-0.1, -0.05) is 36.8 Å². The van der Waals surface area contributed by atoms with Gasteiger partial charge in [0, 0.05) is 12.6 Å². The Morgan fingerprint density at radius 2 is 2.00 bits per heavy atom. The molecule has 3 nitrogen and oxygen atoms in total. The monoisotopic (exact) mass is 296 g/mol. The number of benzene rings is 1. The molecule has 1 aromatic carbocycles. The first-order valence-corrected chi connectivity index (χ1v) is 7.20. The second-order valence-corrected chi connectivity index (χ2v) is 5.82. The number of rotatable bonds is 6. The minimum absolute atomic E-state index is 0. The van der Waals surface area contributed by atoms with Crippen molar-refractivity contribution in [3.63, 3.8) is 0 Å². The van der Waals surface area contributed by atoms with Crippen molar-refractivity contribution in [2.75, 3.05) is 6.54 Å². The molecule has 4 heteroatoms. The van der Waals surface area contributed by atoms with Crippen molar-refractivity contribution in [1.82, 2.24) is 5.32 Å². The Balaban J connectivity index is 0.00000200. The lowest BCUT2D eigenvalue weighted by atomic mass is 9.64. The molecule has 2 rings (SSSR count). The summed E-state index contributed by atoms with van der Waals surface area (Å²) in [5.41, 5.74) is 6.79. The van der Waals surface area contributed by atoms with Crippen LogP contribution in [-0.4, -0.2) is 18.5 Å². The van der Waals surface area contributed by atoms with E-state index in [0.29, 0.717) is 6.54 Å². The zero-order chi connectivity index (χ0) is 13.7. The maximum atomic E-state index is 12.4. The molecular weight excluding hydrogens is 272 g/mol. The van der Waals surface area contributed by atoms with E-state index >= 15 is 0 Å². The summed E-state index contributed by atoms with van der Waals surface area (Å²) in [6.45, 7) is 2.66. The third kappa shape index (κ3) is 4.22. The van der Waals surface area contributed by atoms with E-state index in [1.807, 2.05) is 25.1 Å². The first kappa shape index (κ1) is 17.0. The first-order chi connectivity index (χ1) is 9.12. The highest BCUT2D eigenvalue weighted by Crippen LogP contribution is 2.43. The summed E-state index contributed by atoms with van der Waals surface area (Å²) in [4.78, 5) is 12.4. The molecule has 1 atom stereocenters. The van der Waals surface area contributed by atoms with Gasteiger partial charge in [0.15, 0.2) is 0 Å². The number of hydrogen-bond donors (Lipinski definition) is 2. The van der Waals surface area contributed by atoms with Crippen LogP contribution < -0.4 is 11.1 Å². The molecule has 1 aromatic rings. The number of nitrogens with one attached hydrogen (secondary N) is 1. The molecule has 112 valence electrons. The van der Waals surface area contributed by atoms with Crippen LogP contribution in [0.1, 0.15) is 38.2 Å². The van der Waals surface area contributed by atoms with Crippen molar-refractivity contribution in [3.05, 3.63) is 35.9 Å². The molecule has 1 aliphatic carbocycles. The second kappa shape index (κ2) is 7.65. The largest absolute Gasteiger partial charge is 0.356 e. The molecule has 0 aliphatic heterocycles. The summed E-state index contributed by atoms with van der Waals surface area (Å²) < 4.78 is 0. The molecule has 20 heavy (non-hydrogen) atoms. The van der Waals surface area contributed by atoms with E-state index in [-0.39, 0.29) is 29.8 Å². The van der Waals surface area contributed by atoms with E-state index in [9.17, 15) is 4.79 Å². The number of carbonyl (C=O) groups is 1. The van der Waals surface area contributed by atoms with Gasteiger partial charge in [0.2, 0.25) is 5.91 Å². The summed E-state index contributed by atoms with van der Waals surface area (Å²) in [7, 11) is 0. The normalized spacial score (nSPS) is 17.5. The quantitative estimate of drug-likeness (QED) is 0.848. The van der Waals surface area contributed by atoms with Crippen LogP contribution >= 0.6 is 12.4 Å². The summed E-state index contributed by atoms with van der Waals surface area (Å²) in [6.07, 6.45) is 4.87. The van der Waals surface area contributed by atoms with Gasteiger partial charge in [-0.2, -0.15) is 0 Å². The van der Waals surface area contributed by atoms with E-state index in [1.165, 1.54) is 5.56 Å². The van der Waals surface area contributed by atoms with Crippen LogP contribution in [-0.2, 0) is 11.2 Å². The third-order valence-corrected chi connectivity index (χ3v) is 4.06. The van der Waals surface area contributed by atoms with E-state index in [0.717, 1.165) is 32.1 Å². The number of amides is 1. The van der Waals surface area contributed by atoms with Crippen LogP contribution in [0.2, 0.25) is 0 Å². The van der Waals surface area contributed by atoms with Gasteiger partial charge >= 0.3 is 0 Å². The highest BCUT2D eigenvalue weighted by molar-refractivity contribution is 5.85. The minimum atomic E-state index is -0.167. The zero-order valence-corrected chi connectivity index (χ0v) is 12.9. The Labute approximate surface area is 127 Å². The van der Waals surface area contributed by atoms with Crippen molar-refractivity contribution < 1.29 is 4.79 Å². The highest BCUT2D eigenvalue weighted by Gasteiger charge is 2.43. The van der Waals surface area contributed by atoms with Crippen molar-refractivity contribution in [2.24, 2.45) is 11.1 Å². The fourth-order valence-corrected chi connectivity index (χ4v) is 2.68. The highest BCUT2D eigenvalue weighted by atomic mass is 35.5. The third-order valence-electron chi connectivity index (χ3n) is 4.06. The molecule has 0 aromatic heterocycles. The molecular formula is C16H25ClN2O. The lowest BCUT2D eigenvalue weighted by Gasteiger charge is -2.40. The van der Waals surface area contributed by atoms with Gasteiger partial charge in [0.25, 0.3) is 0 Å². The van der Waals surface area contributed by atoms with Gasteiger partial charge in [-0.25, -0.2) is 0 Å². The maximum absolute atomic E-state index is 12.4. The Morgan fingerprint density at radius 3 is 2.50 bits per heavy atom. The number of nitrogens with two attached hydrogens (primary N) is 1. The van der Waals surface area contributed by atoms with Gasteiger partial charge in [-0.05, 0) is 38.2 Å². The predicted octanol–water partition coefficient (Wildman–Crippen LogP) is 2.67. The number of carbonyl (C=O) groups excluding carboxylic acids is 1. The Hall–Kier alpha value is -1.06. The van der Waals surface area contributed by atoms with Crippen LogP contribution in [0.15, 0.2) is 30.3 Å². The Morgan fingerprint density at radius 1 is 1.35 bits per heavy atom. The fraction of sp³-hybridized carbons (Fsp3) is 0.562. The molecule has 1 saturated carbocycles. The average Bonchev–Trinajstić information content (AvgIpc) is 2.34. The van der Waals surface area contributed by atoms with Crippen LogP contribution in [0.4, 0.5) is 0 Å². The standard InChI is InChI=1S/C16H24N2O.ClH/c1-13(17)8-11-18-15(19)16(9-5-10-16)12-14-6-3-2-4-7-14;/h2-4,6-7,13H,5,8-12,17H2,1H3,(H,18,19);1H. The van der Waals surface area contributed by atoms with E-state index in [2.05, 4.69) is 17.4 Å². The molecule has 1 amide bonds. The summed E-state index contributed by atoms with van der Waals surface area (Å²) in [5, 5.41) is 3.06. The molecule has 1 unspecified atom stereocenters. The van der Waals surface area contributed by atoms with Crippen LogP contribution in [0.3, 0.4) is 0 Å². The van der Waals surface area contributed by atoms with Crippen LogP contribution in [0.5, 0.6) is 0 Å².